The van der Waals surface area contributed by atoms with Gasteiger partial charge >= 0.3 is 5.97 Å². The number of para-hydroxylation sites is 1. The number of carbonyl (C=O) groups is 2. The molecule has 1 aromatic heterocycles. The van der Waals surface area contributed by atoms with Crippen molar-refractivity contribution in [2.24, 2.45) is 0 Å². The van der Waals surface area contributed by atoms with Crippen molar-refractivity contribution in [3.8, 4) is 0 Å². The number of ether oxygens (including phenoxy) is 1. The van der Waals surface area contributed by atoms with E-state index in [0.717, 1.165) is 4.47 Å². The lowest BCUT2D eigenvalue weighted by Crippen LogP contribution is -2.14. The van der Waals surface area contributed by atoms with Gasteiger partial charge in [-0.25, -0.2) is 4.79 Å². The topological polar surface area (TPSA) is 68.5 Å². The van der Waals surface area contributed by atoms with Crippen LogP contribution in [0.3, 0.4) is 0 Å². The van der Waals surface area contributed by atoms with Gasteiger partial charge in [-0.2, -0.15) is 0 Å². The highest BCUT2D eigenvalue weighted by molar-refractivity contribution is 9.10. The average Bonchev–Trinajstić information content (AvgIpc) is 2.94. The third-order valence-electron chi connectivity index (χ3n) is 3.40. The van der Waals surface area contributed by atoms with Gasteiger partial charge in [-0.15, -0.1) is 0 Å². The zero-order valence-corrected chi connectivity index (χ0v) is 14.4. The summed E-state index contributed by atoms with van der Waals surface area (Å²) >= 11 is 3.33. The van der Waals surface area contributed by atoms with E-state index >= 15 is 0 Å². The molecule has 1 heterocycles. The van der Waals surface area contributed by atoms with Crippen molar-refractivity contribution in [2.45, 2.75) is 6.92 Å². The highest BCUT2D eigenvalue weighted by Crippen LogP contribution is 2.31. The van der Waals surface area contributed by atoms with E-state index in [1.807, 2.05) is 6.07 Å². The fourth-order valence-electron chi connectivity index (χ4n) is 2.30. The van der Waals surface area contributed by atoms with Gasteiger partial charge in [-0.1, -0.05) is 28.1 Å². The molecule has 0 spiro atoms. The third-order valence-corrected chi connectivity index (χ3v) is 3.93. The van der Waals surface area contributed by atoms with Crippen molar-refractivity contribution >= 4 is 44.5 Å². The molecule has 0 saturated carbocycles. The molecule has 1 amide bonds. The van der Waals surface area contributed by atoms with Crippen LogP contribution in [0.1, 0.15) is 27.8 Å². The van der Waals surface area contributed by atoms with Gasteiger partial charge in [-0.3, -0.25) is 4.79 Å². The summed E-state index contributed by atoms with van der Waals surface area (Å²) in [5.74, 6) is -0.956. The van der Waals surface area contributed by atoms with E-state index in [9.17, 15) is 9.59 Å². The molecule has 0 saturated heterocycles. The fraction of sp³-hybridized carbons (Fsp3) is 0.111. The summed E-state index contributed by atoms with van der Waals surface area (Å²) in [6.45, 7) is 1.93. The molecule has 1 N–H and O–H groups in total. The summed E-state index contributed by atoms with van der Waals surface area (Å²) < 4.78 is 11.5. The molecule has 0 unspecified atom stereocenters. The molecule has 3 rings (SSSR count). The summed E-state index contributed by atoms with van der Waals surface area (Å²) in [4.78, 5) is 24.6. The standard InChI is InChI=1S/C18H14BrNO4/c1-2-23-18(22)16-15(13-5-3-4-6-14(13)24-16)20-17(21)11-7-9-12(19)10-8-11/h3-10H,2H2,1H3,(H,20,21). The predicted octanol–water partition coefficient (Wildman–Crippen LogP) is 4.62. The van der Waals surface area contributed by atoms with E-state index in [1.54, 1.807) is 49.4 Å². The number of hydrogen-bond acceptors (Lipinski definition) is 4. The number of amides is 1. The van der Waals surface area contributed by atoms with Crippen LogP contribution in [-0.2, 0) is 4.74 Å². The summed E-state index contributed by atoms with van der Waals surface area (Å²) in [7, 11) is 0. The van der Waals surface area contributed by atoms with Crippen LogP contribution in [0.25, 0.3) is 11.0 Å². The maximum atomic E-state index is 12.5. The van der Waals surface area contributed by atoms with Gasteiger partial charge in [-0.05, 0) is 43.3 Å². The first-order valence-electron chi connectivity index (χ1n) is 7.35. The van der Waals surface area contributed by atoms with Gasteiger partial charge < -0.3 is 14.5 Å². The van der Waals surface area contributed by atoms with Crippen LogP contribution >= 0.6 is 15.9 Å². The van der Waals surface area contributed by atoms with E-state index in [4.69, 9.17) is 9.15 Å². The van der Waals surface area contributed by atoms with E-state index in [0.29, 0.717) is 22.2 Å². The molecular formula is C18H14BrNO4. The molecular weight excluding hydrogens is 374 g/mol. The quantitative estimate of drug-likeness (QED) is 0.662. The minimum Gasteiger partial charge on any atom is -0.460 e. The van der Waals surface area contributed by atoms with Gasteiger partial charge in [0.1, 0.15) is 11.3 Å². The number of fused-ring (bicyclic) bond motifs is 1. The normalized spacial score (nSPS) is 10.6. The third kappa shape index (κ3) is 3.19. The van der Waals surface area contributed by atoms with Crippen molar-refractivity contribution in [3.05, 3.63) is 64.3 Å². The highest BCUT2D eigenvalue weighted by atomic mass is 79.9. The first-order valence-corrected chi connectivity index (χ1v) is 8.15. The Labute approximate surface area is 146 Å². The van der Waals surface area contributed by atoms with Crippen LogP contribution in [0.15, 0.2) is 57.4 Å². The lowest BCUT2D eigenvalue weighted by atomic mass is 10.2. The fourth-order valence-corrected chi connectivity index (χ4v) is 2.56. The summed E-state index contributed by atoms with van der Waals surface area (Å²) in [5, 5.41) is 3.40. The van der Waals surface area contributed by atoms with Crippen LogP contribution in [0.4, 0.5) is 5.69 Å². The van der Waals surface area contributed by atoms with Crippen molar-refractivity contribution in [1.29, 1.82) is 0 Å². The Morgan fingerprint density at radius 1 is 1.12 bits per heavy atom. The molecule has 0 aliphatic rings. The van der Waals surface area contributed by atoms with E-state index in [-0.39, 0.29) is 18.3 Å². The monoisotopic (exact) mass is 387 g/mol. The van der Waals surface area contributed by atoms with Crippen LogP contribution in [0, 0.1) is 0 Å². The number of nitrogens with one attached hydrogen (secondary N) is 1. The number of rotatable bonds is 4. The van der Waals surface area contributed by atoms with E-state index in [1.165, 1.54) is 0 Å². The first kappa shape index (κ1) is 16.3. The van der Waals surface area contributed by atoms with Crippen molar-refractivity contribution in [3.63, 3.8) is 0 Å². The maximum absolute atomic E-state index is 12.5. The van der Waals surface area contributed by atoms with Gasteiger partial charge in [0.2, 0.25) is 5.76 Å². The molecule has 122 valence electrons. The summed E-state index contributed by atoms with van der Waals surface area (Å²) in [5.41, 5.74) is 1.29. The number of halogens is 1. The van der Waals surface area contributed by atoms with Gasteiger partial charge in [0.15, 0.2) is 0 Å². The van der Waals surface area contributed by atoms with Gasteiger partial charge in [0.25, 0.3) is 5.91 Å². The van der Waals surface area contributed by atoms with Crippen LogP contribution < -0.4 is 5.32 Å². The second-order valence-electron chi connectivity index (χ2n) is 4.98. The zero-order chi connectivity index (χ0) is 17.1. The van der Waals surface area contributed by atoms with Crippen molar-refractivity contribution in [1.82, 2.24) is 0 Å². The Bertz CT molecular complexity index is 899. The number of esters is 1. The van der Waals surface area contributed by atoms with Crippen molar-refractivity contribution < 1.29 is 18.7 Å². The number of anilines is 1. The number of benzene rings is 2. The molecule has 2 aromatic carbocycles. The minimum atomic E-state index is -0.611. The maximum Gasteiger partial charge on any atom is 0.376 e. The molecule has 24 heavy (non-hydrogen) atoms. The summed E-state index contributed by atoms with van der Waals surface area (Å²) in [6.07, 6.45) is 0. The largest absolute Gasteiger partial charge is 0.460 e. The molecule has 0 aliphatic heterocycles. The Morgan fingerprint density at radius 3 is 2.54 bits per heavy atom. The molecule has 5 nitrogen and oxygen atoms in total. The average molecular weight is 388 g/mol. The predicted molar refractivity (Wildman–Crippen MR) is 94.3 cm³/mol. The number of hydrogen-bond donors (Lipinski definition) is 1. The van der Waals surface area contributed by atoms with E-state index < -0.39 is 5.97 Å². The van der Waals surface area contributed by atoms with Gasteiger partial charge in [0.05, 0.1) is 6.61 Å². The van der Waals surface area contributed by atoms with Crippen LogP contribution in [0.5, 0.6) is 0 Å². The lowest BCUT2D eigenvalue weighted by molar-refractivity contribution is 0.0494. The lowest BCUT2D eigenvalue weighted by Gasteiger charge is -2.06. The second kappa shape index (κ2) is 6.88. The number of furan rings is 1. The number of carbonyl (C=O) groups excluding carboxylic acids is 2. The summed E-state index contributed by atoms with van der Waals surface area (Å²) in [6, 6.07) is 14.0. The Balaban J connectivity index is 2.00. The molecule has 0 atom stereocenters. The Morgan fingerprint density at radius 2 is 1.83 bits per heavy atom. The molecule has 0 bridgehead atoms. The highest BCUT2D eigenvalue weighted by Gasteiger charge is 2.23. The molecule has 0 aliphatic carbocycles. The Hall–Kier alpha value is -2.60. The van der Waals surface area contributed by atoms with Crippen LogP contribution in [0.2, 0.25) is 0 Å². The van der Waals surface area contributed by atoms with E-state index in [2.05, 4.69) is 21.2 Å². The smallest absolute Gasteiger partial charge is 0.376 e. The van der Waals surface area contributed by atoms with Crippen LogP contribution in [-0.4, -0.2) is 18.5 Å². The zero-order valence-electron chi connectivity index (χ0n) is 12.8. The van der Waals surface area contributed by atoms with Crippen molar-refractivity contribution in [2.75, 3.05) is 11.9 Å². The Kier molecular flexibility index (Phi) is 4.66. The first-order chi connectivity index (χ1) is 11.6. The minimum absolute atomic E-state index is 0.0106. The molecule has 0 fully saturated rings. The SMILES string of the molecule is CCOC(=O)c1oc2ccccc2c1NC(=O)c1ccc(Br)cc1. The molecule has 6 heteroatoms. The molecule has 3 aromatic rings. The second-order valence-corrected chi connectivity index (χ2v) is 5.90. The molecule has 0 radical (unpaired) electrons. The van der Waals surface area contributed by atoms with Gasteiger partial charge in [0, 0.05) is 15.4 Å².